The molecular formula is C11H20N2. The minimum absolute atomic E-state index is 0.754. The number of nitrogens with zero attached hydrogens (tertiary/aromatic N) is 2. The summed E-state index contributed by atoms with van der Waals surface area (Å²) in [6.45, 7) is 7.84. The summed E-state index contributed by atoms with van der Waals surface area (Å²) < 4.78 is 2.29. The lowest BCUT2D eigenvalue weighted by atomic mass is 10.1. The SMILES string of the molecule is CCCc1nccn1CC(C)CC. The lowest BCUT2D eigenvalue weighted by molar-refractivity contribution is 0.457. The van der Waals surface area contributed by atoms with E-state index >= 15 is 0 Å². The average molecular weight is 180 g/mol. The minimum Gasteiger partial charge on any atom is -0.335 e. The molecule has 2 nitrogen and oxygen atoms in total. The van der Waals surface area contributed by atoms with E-state index in [1.54, 1.807) is 0 Å². The van der Waals surface area contributed by atoms with Gasteiger partial charge in [-0.2, -0.15) is 0 Å². The van der Waals surface area contributed by atoms with E-state index in [2.05, 4.69) is 36.5 Å². The monoisotopic (exact) mass is 180 g/mol. The molecule has 0 saturated carbocycles. The van der Waals surface area contributed by atoms with Crippen molar-refractivity contribution in [2.75, 3.05) is 0 Å². The van der Waals surface area contributed by atoms with Gasteiger partial charge >= 0.3 is 0 Å². The second-order valence-corrected chi connectivity index (χ2v) is 3.76. The third-order valence-electron chi connectivity index (χ3n) is 2.48. The van der Waals surface area contributed by atoms with Crippen molar-refractivity contribution >= 4 is 0 Å². The van der Waals surface area contributed by atoms with E-state index in [0.717, 1.165) is 18.9 Å². The molecular weight excluding hydrogens is 160 g/mol. The Hall–Kier alpha value is -0.790. The van der Waals surface area contributed by atoms with Crippen molar-refractivity contribution in [3.8, 4) is 0 Å². The van der Waals surface area contributed by atoms with Gasteiger partial charge in [0.2, 0.25) is 0 Å². The van der Waals surface area contributed by atoms with Gasteiger partial charge in [-0.25, -0.2) is 4.98 Å². The van der Waals surface area contributed by atoms with Crippen LogP contribution in [0.25, 0.3) is 0 Å². The van der Waals surface area contributed by atoms with Gasteiger partial charge < -0.3 is 4.57 Å². The molecule has 0 N–H and O–H groups in total. The number of imidazole rings is 1. The Bertz CT molecular complexity index is 240. The molecule has 0 saturated heterocycles. The summed E-state index contributed by atoms with van der Waals surface area (Å²) in [4.78, 5) is 4.36. The highest BCUT2D eigenvalue weighted by atomic mass is 15.1. The van der Waals surface area contributed by atoms with Gasteiger partial charge in [-0.1, -0.05) is 27.2 Å². The molecule has 2 heteroatoms. The number of aromatic nitrogens is 2. The van der Waals surface area contributed by atoms with Crippen LogP contribution >= 0.6 is 0 Å². The Morgan fingerprint density at radius 1 is 1.46 bits per heavy atom. The average Bonchev–Trinajstić information content (AvgIpc) is 2.54. The summed E-state index contributed by atoms with van der Waals surface area (Å²) in [5, 5.41) is 0. The van der Waals surface area contributed by atoms with E-state index in [9.17, 15) is 0 Å². The van der Waals surface area contributed by atoms with E-state index in [-0.39, 0.29) is 0 Å². The summed E-state index contributed by atoms with van der Waals surface area (Å²) in [6.07, 6.45) is 7.52. The van der Waals surface area contributed by atoms with Crippen LogP contribution in [-0.4, -0.2) is 9.55 Å². The van der Waals surface area contributed by atoms with E-state index in [0.29, 0.717) is 0 Å². The van der Waals surface area contributed by atoms with Crippen molar-refractivity contribution in [1.29, 1.82) is 0 Å². The van der Waals surface area contributed by atoms with Crippen LogP contribution in [0.5, 0.6) is 0 Å². The maximum atomic E-state index is 4.36. The van der Waals surface area contributed by atoms with Gasteiger partial charge in [0.05, 0.1) is 0 Å². The zero-order valence-corrected chi connectivity index (χ0v) is 8.95. The molecule has 1 heterocycles. The topological polar surface area (TPSA) is 17.8 Å². The maximum absolute atomic E-state index is 4.36. The Kier molecular flexibility index (Phi) is 4.00. The summed E-state index contributed by atoms with van der Waals surface area (Å²) in [5.41, 5.74) is 0. The fourth-order valence-corrected chi connectivity index (χ4v) is 1.42. The van der Waals surface area contributed by atoms with Crippen LogP contribution in [-0.2, 0) is 13.0 Å². The highest BCUT2D eigenvalue weighted by molar-refractivity contribution is 4.92. The second kappa shape index (κ2) is 5.05. The zero-order valence-electron chi connectivity index (χ0n) is 8.95. The van der Waals surface area contributed by atoms with Crippen molar-refractivity contribution < 1.29 is 0 Å². The van der Waals surface area contributed by atoms with Crippen molar-refractivity contribution in [2.45, 2.75) is 46.6 Å². The zero-order chi connectivity index (χ0) is 9.68. The van der Waals surface area contributed by atoms with E-state index < -0.39 is 0 Å². The molecule has 0 aliphatic heterocycles. The number of rotatable bonds is 5. The Balaban J connectivity index is 2.59. The van der Waals surface area contributed by atoms with Gasteiger partial charge in [0.15, 0.2) is 0 Å². The standard InChI is InChI=1S/C11H20N2/c1-4-6-11-12-7-8-13(11)9-10(3)5-2/h7-8,10H,4-6,9H2,1-3H3. The highest BCUT2D eigenvalue weighted by Gasteiger charge is 2.04. The molecule has 1 atom stereocenters. The van der Waals surface area contributed by atoms with Crippen LogP contribution in [0.15, 0.2) is 12.4 Å². The third kappa shape index (κ3) is 2.87. The maximum Gasteiger partial charge on any atom is 0.108 e. The van der Waals surface area contributed by atoms with Gasteiger partial charge in [-0.15, -0.1) is 0 Å². The Labute approximate surface area is 81.0 Å². The highest BCUT2D eigenvalue weighted by Crippen LogP contribution is 2.08. The first-order valence-corrected chi connectivity index (χ1v) is 5.27. The van der Waals surface area contributed by atoms with Crippen molar-refractivity contribution in [3.05, 3.63) is 18.2 Å². The minimum atomic E-state index is 0.754. The second-order valence-electron chi connectivity index (χ2n) is 3.76. The van der Waals surface area contributed by atoms with Crippen LogP contribution in [0.1, 0.15) is 39.4 Å². The first-order valence-electron chi connectivity index (χ1n) is 5.27. The van der Waals surface area contributed by atoms with Gasteiger partial charge in [-0.3, -0.25) is 0 Å². The van der Waals surface area contributed by atoms with Gasteiger partial charge in [0.1, 0.15) is 5.82 Å². The molecule has 0 fully saturated rings. The molecule has 13 heavy (non-hydrogen) atoms. The summed E-state index contributed by atoms with van der Waals surface area (Å²) in [7, 11) is 0. The first kappa shape index (κ1) is 10.3. The first-order chi connectivity index (χ1) is 6.27. The van der Waals surface area contributed by atoms with Gasteiger partial charge in [-0.05, 0) is 12.3 Å². The van der Waals surface area contributed by atoms with E-state index in [4.69, 9.17) is 0 Å². The Morgan fingerprint density at radius 3 is 2.85 bits per heavy atom. The van der Waals surface area contributed by atoms with Crippen molar-refractivity contribution in [1.82, 2.24) is 9.55 Å². The fraction of sp³-hybridized carbons (Fsp3) is 0.727. The molecule has 0 aliphatic rings. The number of aryl methyl sites for hydroxylation is 1. The van der Waals surface area contributed by atoms with E-state index in [1.807, 2.05) is 6.20 Å². The lowest BCUT2D eigenvalue weighted by Gasteiger charge is -2.11. The number of hydrogen-bond donors (Lipinski definition) is 0. The van der Waals surface area contributed by atoms with Crippen LogP contribution in [0.4, 0.5) is 0 Å². The van der Waals surface area contributed by atoms with Crippen molar-refractivity contribution in [3.63, 3.8) is 0 Å². The molecule has 0 radical (unpaired) electrons. The molecule has 1 aromatic heterocycles. The molecule has 0 bridgehead atoms. The molecule has 74 valence electrons. The molecule has 1 aromatic rings. The smallest absolute Gasteiger partial charge is 0.108 e. The van der Waals surface area contributed by atoms with Gasteiger partial charge in [0.25, 0.3) is 0 Å². The Morgan fingerprint density at radius 2 is 2.23 bits per heavy atom. The fourth-order valence-electron chi connectivity index (χ4n) is 1.42. The lowest BCUT2D eigenvalue weighted by Crippen LogP contribution is -2.09. The quantitative estimate of drug-likeness (QED) is 0.681. The normalized spacial score (nSPS) is 13.2. The molecule has 0 aromatic carbocycles. The van der Waals surface area contributed by atoms with Crippen molar-refractivity contribution in [2.24, 2.45) is 5.92 Å². The molecule has 0 aliphatic carbocycles. The largest absolute Gasteiger partial charge is 0.335 e. The predicted molar refractivity (Wildman–Crippen MR) is 55.7 cm³/mol. The van der Waals surface area contributed by atoms with Crippen LogP contribution in [0.3, 0.4) is 0 Å². The summed E-state index contributed by atoms with van der Waals surface area (Å²) >= 11 is 0. The molecule has 0 amide bonds. The molecule has 1 unspecified atom stereocenters. The van der Waals surface area contributed by atoms with E-state index in [1.165, 1.54) is 18.7 Å². The van der Waals surface area contributed by atoms with Gasteiger partial charge in [0, 0.05) is 25.4 Å². The summed E-state index contributed by atoms with van der Waals surface area (Å²) in [6, 6.07) is 0. The summed E-state index contributed by atoms with van der Waals surface area (Å²) in [5.74, 6) is 1.99. The van der Waals surface area contributed by atoms with Crippen LogP contribution in [0, 0.1) is 5.92 Å². The predicted octanol–water partition coefficient (Wildman–Crippen LogP) is 2.88. The van der Waals surface area contributed by atoms with Crippen LogP contribution in [0.2, 0.25) is 0 Å². The van der Waals surface area contributed by atoms with Crippen LogP contribution < -0.4 is 0 Å². The molecule has 1 rings (SSSR count). The number of hydrogen-bond acceptors (Lipinski definition) is 1. The molecule has 0 spiro atoms. The third-order valence-corrected chi connectivity index (χ3v) is 2.48.